The normalized spacial score (nSPS) is 22.4. The van der Waals surface area contributed by atoms with Gasteiger partial charge in [-0.3, -0.25) is 4.79 Å². The number of halogens is 2. The molecule has 1 saturated heterocycles. The number of carboxylic acids is 2. The average Bonchev–Trinajstić information content (AvgIpc) is 2.76. The van der Waals surface area contributed by atoms with Gasteiger partial charge in [0.25, 0.3) is 0 Å². The minimum atomic E-state index is -1.68. The zero-order chi connectivity index (χ0) is 14.2. The van der Waals surface area contributed by atoms with Gasteiger partial charge in [0.2, 0.25) is 0 Å². The van der Waals surface area contributed by atoms with Gasteiger partial charge in [-0.2, -0.15) is 0 Å². The summed E-state index contributed by atoms with van der Waals surface area (Å²) >= 11 is 0. The Morgan fingerprint density at radius 3 is 2.21 bits per heavy atom. The molecule has 1 heterocycles. The van der Waals surface area contributed by atoms with Crippen LogP contribution in [-0.2, 0) is 4.79 Å². The summed E-state index contributed by atoms with van der Waals surface area (Å²) in [5.74, 6) is -5.59. The third kappa shape index (κ3) is 2.55. The molecule has 2 atom stereocenters. The number of nitrogens with one attached hydrogen (secondary N) is 1. The van der Waals surface area contributed by atoms with Crippen molar-refractivity contribution >= 4 is 11.9 Å². The molecule has 0 saturated carbocycles. The topological polar surface area (TPSA) is 86.6 Å². The van der Waals surface area contributed by atoms with E-state index >= 15 is 0 Å². The molecule has 2 rings (SSSR count). The molecule has 102 valence electrons. The maximum atomic E-state index is 13.5. The van der Waals surface area contributed by atoms with E-state index in [1.807, 2.05) is 0 Å². The fourth-order valence-corrected chi connectivity index (χ4v) is 2.18. The van der Waals surface area contributed by atoms with Crippen molar-refractivity contribution < 1.29 is 28.6 Å². The van der Waals surface area contributed by atoms with E-state index in [-0.39, 0.29) is 18.5 Å². The molecular formula is C12H11F2NO4. The van der Waals surface area contributed by atoms with E-state index in [0.717, 1.165) is 12.1 Å². The highest BCUT2D eigenvalue weighted by Gasteiger charge is 2.31. The fourth-order valence-electron chi connectivity index (χ4n) is 2.18. The van der Waals surface area contributed by atoms with Crippen molar-refractivity contribution in [2.75, 3.05) is 6.54 Å². The van der Waals surface area contributed by atoms with Crippen molar-refractivity contribution in [1.82, 2.24) is 5.32 Å². The summed E-state index contributed by atoms with van der Waals surface area (Å²) in [5.41, 5.74) is -0.791. The second-order valence-electron chi connectivity index (χ2n) is 4.40. The monoisotopic (exact) mass is 271 g/mol. The molecule has 3 N–H and O–H groups in total. The molecule has 1 aromatic carbocycles. The number of benzene rings is 1. The van der Waals surface area contributed by atoms with Crippen LogP contribution >= 0.6 is 0 Å². The van der Waals surface area contributed by atoms with Gasteiger partial charge in [0.1, 0.15) is 17.2 Å². The Kier molecular flexibility index (Phi) is 3.48. The molecule has 0 aromatic heterocycles. The van der Waals surface area contributed by atoms with Gasteiger partial charge in [0, 0.05) is 12.6 Å². The van der Waals surface area contributed by atoms with Gasteiger partial charge >= 0.3 is 11.9 Å². The molecule has 0 aliphatic carbocycles. The lowest BCUT2D eigenvalue weighted by atomic mass is 9.98. The van der Waals surface area contributed by atoms with E-state index in [1.165, 1.54) is 0 Å². The van der Waals surface area contributed by atoms with Crippen molar-refractivity contribution in [3.63, 3.8) is 0 Å². The average molecular weight is 271 g/mol. The minimum absolute atomic E-state index is 0.209. The zero-order valence-electron chi connectivity index (χ0n) is 9.69. The van der Waals surface area contributed by atoms with Crippen LogP contribution in [0.15, 0.2) is 12.1 Å². The van der Waals surface area contributed by atoms with Crippen molar-refractivity contribution in [3.05, 3.63) is 34.9 Å². The number of aromatic carboxylic acids is 1. The van der Waals surface area contributed by atoms with Crippen molar-refractivity contribution in [2.45, 2.75) is 12.5 Å². The summed E-state index contributed by atoms with van der Waals surface area (Å²) in [6.07, 6.45) is 0.209. The molecule has 0 bridgehead atoms. The largest absolute Gasteiger partial charge is 0.481 e. The van der Waals surface area contributed by atoms with Crippen LogP contribution in [0.3, 0.4) is 0 Å². The quantitative estimate of drug-likeness (QED) is 0.773. The fraction of sp³-hybridized carbons (Fsp3) is 0.333. The summed E-state index contributed by atoms with van der Waals surface area (Å²) < 4.78 is 27.0. The summed E-state index contributed by atoms with van der Waals surface area (Å²) in [6.45, 7) is 0.212. The Morgan fingerprint density at radius 1 is 1.21 bits per heavy atom. The van der Waals surface area contributed by atoms with Gasteiger partial charge < -0.3 is 15.5 Å². The van der Waals surface area contributed by atoms with E-state index in [4.69, 9.17) is 10.2 Å². The number of hydrogen-bond acceptors (Lipinski definition) is 3. The van der Waals surface area contributed by atoms with Gasteiger partial charge in [-0.1, -0.05) is 0 Å². The van der Waals surface area contributed by atoms with Gasteiger partial charge in [0.05, 0.1) is 5.92 Å². The van der Waals surface area contributed by atoms with Gasteiger partial charge in [-0.25, -0.2) is 13.6 Å². The SMILES string of the molecule is O=C(O)c1c(F)cc(C2CC(C(=O)O)CN2)cc1F. The maximum absolute atomic E-state index is 13.5. The molecule has 1 aliphatic rings. The molecule has 5 nitrogen and oxygen atoms in total. The van der Waals surface area contributed by atoms with Crippen LogP contribution in [0, 0.1) is 17.6 Å². The number of hydrogen-bond donors (Lipinski definition) is 3. The Balaban J connectivity index is 2.28. The predicted molar refractivity (Wildman–Crippen MR) is 59.8 cm³/mol. The van der Waals surface area contributed by atoms with E-state index in [1.54, 1.807) is 0 Å². The first-order valence-corrected chi connectivity index (χ1v) is 5.58. The van der Waals surface area contributed by atoms with E-state index in [0.29, 0.717) is 0 Å². The van der Waals surface area contributed by atoms with Gasteiger partial charge in [-0.15, -0.1) is 0 Å². The maximum Gasteiger partial charge on any atom is 0.341 e. The summed E-state index contributed by atoms with van der Waals surface area (Å²) in [6, 6.07) is 1.36. The van der Waals surface area contributed by atoms with Crippen LogP contribution in [0.2, 0.25) is 0 Å². The molecule has 1 fully saturated rings. The van der Waals surface area contributed by atoms with Crippen LogP contribution in [-0.4, -0.2) is 28.7 Å². The molecule has 0 radical (unpaired) electrons. The second kappa shape index (κ2) is 4.93. The van der Waals surface area contributed by atoms with Gasteiger partial charge in [-0.05, 0) is 24.1 Å². The minimum Gasteiger partial charge on any atom is -0.481 e. The highest BCUT2D eigenvalue weighted by Crippen LogP contribution is 2.29. The molecule has 1 aromatic rings. The molecular weight excluding hydrogens is 260 g/mol. The van der Waals surface area contributed by atoms with Crippen molar-refractivity contribution in [1.29, 1.82) is 0 Å². The summed E-state index contributed by atoms with van der Waals surface area (Å²) in [4.78, 5) is 21.4. The van der Waals surface area contributed by atoms with Crippen LogP contribution in [0.25, 0.3) is 0 Å². The molecule has 2 unspecified atom stereocenters. The predicted octanol–water partition coefficient (Wildman–Crippen LogP) is 1.40. The Hall–Kier alpha value is -2.02. The number of carbonyl (C=O) groups is 2. The van der Waals surface area contributed by atoms with Crippen LogP contribution in [0.5, 0.6) is 0 Å². The Labute approximate surface area is 106 Å². The van der Waals surface area contributed by atoms with Gasteiger partial charge in [0.15, 0.2) is 0 Å². The highest BCUT2D eigenvalue weighted by molar-refractivity contribution is 5.88. The molecule has 0 amide bonds. The van der Waals surface area contributed by atoms with Crippen LogP contribution < -0.4 is 5.32 Å². The van der Waals surface area contributed by atoms with Crippen LogP contribution in [0.1, 0.15) is 28.4 Å². The summed E-state index contributed by atoms with van der Waals surface area (Å²) in [5, 5.41) is 20.3. The lowest BCUT2D eigenvalue weighted by molar-refractivity contribution is -0.141. The second-order valence-corrected chi connectivity index (χ2v) is 4.40. The van der Waals surface area contributed by atoms with Crippen LogP contribution in [0.4, 0.5) is 8.78 Å². The molecule has 19 heavy (non-hydrogen) atoms. The number of carboxylic acid groups (broad SMARTS) is 2. The Morgan fingerprint density at radius 2 is 1.79 bits per heavy atom. The Bertz CT molecular complexity index is 524. The standard InChI is InChI=1S/C12H11F2NO4/c13-7-1-5(2-8(14)10(7)12(18)19)9-3-6(4-15-9)11(16)17/h1-2,6,9,15H,3-4H2,(H,16,17)(H,18,19). The smallest absolute Gasteiger partial charge is 0.341 e. The number of rotatable bonds is 3. The first-order valence-electron chi connectivity index (χ1n) is 5.58. The van der Waals surface area contributed by atoms with Crippen molar-refractivity contribution in [2.24, 2.45) is 5.92 Å². The first-order chi connectivity index (χ1) is 8.90. The van der Waals surface area contributed by atoms with E-state index in [2.05, 4.69) is 5.32 Å². The van der Waals surface area contributed by atoms with E-state index in [9.17, 15) is 18.4 Å². The third-order valence-electron chi connectivity index (χ3n) is 3.16. The molecule has 1 aliphatic heterocycles. The lowest BCUT2D eigenvalue weighted by Crippen LogP contribution is -2.17. The zero-order valence-corrected chi connectivity index (χ0v) is 9.69. The van der Waals surface area contributed by atoms with E-state index < -0.39 is 41.1 Å². The third-order valence-corrected chi connectivity index (χ3v) is 3.16. The lowest BCUT2D eigenvalue weighted by Gasteiger charge is -2.12. The highest BCUT2D eigenvalue weighted by atomic mass is 19.1. The summed E-state index contributed by atoms with van der Waals surface area (Å²) in [7, 11) is 0. The number of aliphatic carboxylic acids is 1. The molecule has 0 spiro atoms. The van der Waals surface area contributed by atoms with Crippen molar-refractivity contribution in [3.8, 4) is 0 Å². The molecule has 7 heteroatoms. The first kappa shape index (κ1) is 13.4.